The lowest BCUT2D eigenvalue weighted by molar-refractivity contribution is -0.138. The van der Waals surface area contributed by atoms with Crippen molar-refractivity contribution in [1.29, 1.82) is 0 Å². The van der Waals surface area contributed by atoms with Gasteiger partial charge in [-0.3, -0.25) is 9.59 Å². The molecule has 0 saturated carbocycles. The van der Waals surface area contributed by atoms with Crippen molar-refractivity contribution in [1.82, 2.24) is 0 Å². The van der Waals surface area contributed by atoms with E-state index in [2.05, 4.69) is 47.8 Å². The molecule has 0 aliphatic rings. The van der Waals surface area contributed by atoms with E-state index in [9.17, 15) is 29.7 Å². The Morgan fingerprint density at radius 1 is 0.479 bits per heavy atom. The second kappa shape index (κ2) is 14.0. The van der Waals surface area contributed by atoms with Gasteiger partial charge in [-0.2, -0.15) is 0 Å². The van der Waals surface area contributed by atoms with Crippen LogP contribution in [0.1, 0.15) is 33.6 Å². The second-order valence-corrected chi connectivity index (χ2v) is 18.0. The summed E-state index contributed by atoms with van der Waals surface area (Å²) in [6.45, 7) is 0. The first-order valence-electron chi connectivity index (χ1n) is 14.6. The van der Waals surface area contributed by atoms with Gasteiger partial charge in [-0.15, -0.1) is 79.4 Å². The standard InChI is InChI=1S/C35H24O6S7/c36-31(37)13-3-18-16-29(24-7-5-21(43-24)20-2-1-15-42-20)47-33(18)26-10-11-27(46-26)34-19(4-14-32(38)39)17-30(48-34)25-8-6-22(44-25)23-9-12-28(45-23)35(40)41/h1-2,5-12,15-17H,3-4,13-14H2,(H,36,37)(H,38,39)(H,40,41). The first kappa shape index (κ1) is 32.8. The molecule has 7 aromatic heterocycles. The van der Waals surface area contributed by atoms with E-state index in [1.54, 1.807) is 74.1 Å². The predicted octanol–water partition coefficient (Wildman–Crippen LogP) is 11.9. The molecule has 0 unspecified atom stereocenters. The Morgan fingerprint density at radius 2 is 0.917 bits per heavy atom. The summed E-state index contributed by atoms with van der Waals surface area (Å²) in [6.07, 6.45) is 0.902. The van der Waals surface area contributed by atoms with E-state index in [0.29, 0.717) is 17.7 Å². The Hall–Kier alpha value is -3.69. The number of hydrogen-bond donors (Lipinski definition) is 3. The molecule has 0 aliphatic heterocycles. The first-order valence-corrected chi connectivity index (χ1v) is 20.4. The summed E-state index contributed by atoms with van der Waals surface area (Å²) in [6, 6.07) is 24.3. The fourth-order valence-corrected chi connectivity index (χ4v) is 12.8. The van der Waals surface area contributed by atoms with Gasteiger partial charge in [0.25, 0.3) is 0 Å². The van der Waals surface area contributed by atoms with Gasteiger partial charge in [0.05, 0.1) is 0 Å². The Balaban J connectivity index is 1.22. The minimum Gasteiger partial charge on any atom is -0.481 e. The zero-order valence-corrected chi connectivity index (χ0v) is 30.5. The zero-order valence-electron chi connectivity index (χ0n) is 24.8. The Morgan fingerprint density at radius 3 is 1.38 bits per heavy atom. The number of rotatable bonds is 13. The van der Waals surface area contributed by atoms with E-state index >= 15 is 0 Å². The lowest BCUT2D eigenvalue weighted by Gasteiger charge is -2.01. The van der Waals surface area contributed by atoms with Gasteiger partial charge in [-0.05, 0) is 96.1 Å². The number of aryl methyl sites for hydroxylation is 2. The quantitative estimate of drug-likeness (QED) is 0.108. The van der Waals surface area contributed by atoms with Crippen molar-refractivity contribution in [3.8, 4) is 58.5 Å². The average Bonchev–Trinajstić information content (AvgIpc) is 3.90. The fraction of sp³-hybridized carbons (Fsp3) is 0.114. The molecule has 48 heavy (non-hydrogen) atoms. The normalized spacial score (nSPS) is 11.3. The molecule has 6 nitrogen and oxygen atoms in total. The highest BCUT2D eigenvalue weighted by molar-refractivity contribution is 7.31. The molecule has 0 atom stereocenters. The fourth-order valence-electron chi connectivity index (χ4n) is 5.16. The van der Waals surface area contributed by atoms with Crippen molar-refractivity contribution in [3.63, 3.8) is 0 Å². The van der Waals surface area contributed by atoms with E-state index in [1.807, 2.05) is 24.3 Å². The summed E-state index contributed by atoms with van der Waals surface area (Å²) >= 11 is 11.2. The van der Waals surface area contributed by atoms with Gasteiger partial charge in [-0.25, -0.2) is 4.79 Å². The molecule has 0 saturated heterocycles. The third-order valence-electron chi connectivity index (χ3n) is 7.41. The SMILES string of the molecule is O=C(O)CCc1cc(-c2ccc(-c3cccs3)s2)sc1-c1ccc(-c2sc(-c3ccc(-c4ccc(C(=O)O)s4)s3)cc2CCC(=O)O)s1. The van der Waals surface area contributed by atoms with Crippen molar-refractivity contribution in [2.45, 2.75) is 25.7 Å². The van der Waals surface area contributed by atoms with Crippen LogP contribution in [-0.2, 0) is 22.4 Å². The number of aliphatic carboxylic acids is 2. The Kier molecular flexibility index (Phi) is 9.61. The summed E-state index contributed by atoms with van der Waals surface area (Å²) < 4.78 is 0. The minimum atomic E-state index is -0.938. The second-order valence-electron chi connectivity index (χ2n) is 10.7. The number of carboxylic acids is 3. The van der Waals surface area contributed by atoms with E-state index < -0.39 is 17.9 Å². The van der Waals surface area contributed by atoms with Crippen molar-refractivity contribution < 1.29 is 29.7 Å². The monoisotopic (exact) mass is 764 g/mol. The van der Waals surface area contributed by atoms with Crippen LogP contribution in [0, 0.1) is 0 Å². The summed E-state index contributed by atoms with van der Waals surface area (Å²) in [5.74, 6) is -2.62. The van der Waals surface area contributed by atoms with Crippen molar-refractivity contribution in [2.75, 3.05) is 0 Å². The molecule has 0 spiro atoms. The lowest BCUT2D eigenvalue weighted by Crippen LogP contribution is -1.97. The predicted molar refractivity (Wildman–Crippen MR) is 203 cm³/mol. The molecule has 0 radical (unpaired) electrons. The maximum atomic E-state index is 11.6. The molecule has 0 amide bonds. The van der Waals surface area contributed by atoms with Crippen LogP contribution in [-0.4, -0.2) is 33.2 Å². The summed E-state index contributed by atoms with van der Waals surface area (Å²) in [4.78, 5) is 47.6. The van der Waals surface area contributed by atoms with Crippen LogP contribution >= 0.6 is 79.4 Å². The molecule has 0 aliphatic carbocycles. The maximum absolute atomic E-state index is 11.6. The van der Waals surface area contributed by atoms with Crippen LogP contribution in [0.4, 0.5) is 0 Å². The zero-order chi connectivity index (χ0) is 33.4. The van der Waals surface area contributed by atoms with Gasteiger partial charge in [0, 0.05) is 71.4 Å². The molecule has 0 aromatic carbocycles. The van der Waals surface area contributed by atoms with E-state index in [4.69, 9.17) is 0 Å². The number of aromatic carboxylic acids is 1. The smallest absolute Gasteiger partial charge is 0.345 e. The van der Waals surface area contributed by atoms with Crippen LogP contribution in [0.15, 0.2) is 78.2 Å². The van der Waals surface area contributed by atoms with Crippen molar-refractivity contribution in [2.24, 2.45) is 0 Å². The van der Waals surface area contributed by atoms with Crippen LogP contribution in [0.2, 0.25) is 0 Å². The van der Waals surface area contributed by atoms with E-state index in [-0.39, 0.29) is 12.8 Å². The molecule has 7 aromatic rings. The van der Waals surface area contributed by atoms with Crippen LogP contribution in [0.25, 0.3) is 58.5 Å². The van der Waals surface area contributed by atoms with Crippen molar-refractivity contribution in [3.05, 3.63) is 94.2 Å². The van der Waals surface area contributed by atoms with Gasteiger partial charge in [0.2, 0.25) is 0 Å². The molecule has 242 valence electrons. The first-order chi connectivity index (χ1) is 23.2. The van der Waals surface area contributed by atoms with E-state index in [1.165, 1.54) is 21.1 Å². The number of thiophene rings is 7. The highest BCUT2D eigenvalue weighted by atomic mass is 32.1. The average molecular weight is 765 g/mol. The van der Waals surface area contributed by atoms with Gasteiger partial charge in [-0.1, -0.05) is 6.07 Å². The van der Waals surface area contributed by atoms with Crippen LogP contribution in [0.5, 0.6) is 0 Å². The van der Waals surface area contributed by atoms with Gasteiger partial charge >= 0.3 is 17.9 Å². The molecule has 7 heterocycles. The largest absolute Gasteiger partial charge is 0.481 e. The topological polar surface area (TPSA) is 112 Å². The third kappa shape index (κ3) is 7.03. The van der Waals surface area contributed by atoms with Gasteiger partial charge < -0.3 is 15.3 Å². The molecular formula is C35H24O6S7. The molecule has 3 N–H and O–H groups in total. The molecule has 7 rings (SSSR count). The molecule has 13 heteroatoms. The number of hydrogen-bond acceptors (Lipinski definition) is 10. The molecule has 0 bridgehead atoms. The number of carboxylic acid groups (broad SMARTS) is 3. The van der Waals surface area contributed by atoms with Gasteiger partial charge in [0.1, 0.15) is 4.88 Å². The van der Waals surface area contributed by atoms with E-state index in [0.717, 1.165) is 59.9 Å². The number of carbonyl (C=O) groups is 3. The summed E-state index contributed by atoms with van der Waals surface area (Å²) in [5.41, 5.74) is 1.99. The molecule has 0 fully saturated rings. The van der Waals surface area contributed by atoms with Gasteiger partial charge in [0.15, 0.2) is 0 Å². The maximum Gasteiger partial charge on any atom is 0.345 e. The van der Waals surface area contributed by atoms with Crippen molar-refractivity contribution >= 4 is 97.3 Å². The Labute approximate surface area is 303 Å². The Bertz CT molecular complexity index is 2250. The summed E-state index contributed by atoms with van der Waals surface area (Å²) in [7, 11) is 0. The minimum absolute atomic E-state index is 0.0200. The summed E-state index contributed by atoms with van der Waals surface area (Å²) in [5, 5.41) is 30.4. The highest BCUT2D eigenvalue weighted by Gasteiger charge is 2.21. The lowest BCUT2D eigenvalue weighted by atomic mass is 10.1. The third-order valence-corrected chi connectivity index (χ3v) is 16.1. The van der Waals surface area contributed by atoms with Crippen LogP contribution in [0.3, 0.4) is 0 Å². The van der Waals surface area contributed by atoms with Crippen LogP contribution < -0.4 is 0 Å². The highest BCUT2D eigenvalue weighted by Crippen LogP contribution is 2.49. The molecular weight excluding hydrogens is 741 g/mol.